The smallest absolute Gasteiger partial charge is 0.303 e. The van der Waals surface area contributed by atoms with E-state index < -0.39 is 24.1 Å². The Balaban J connectivity index is 2.40. The number of hydrogen-bond acceptors (Lipinski definition) is 4. The van der Waals surface area contributed by atoms with Crippen molar-refractivity contribution in [3.05, 3.63) is 48.6 Å². The molecular formula is C22H32O5. The molecule has 0 saturated heterocycles. The third-order valence-corrected chi connectivity index (χ3v) is 4.63. The van der Waals surface area contributed by atoms with Crippen LogP contribution in [-0.4, -0.2) is 39.3 Å². The molecule has 0 aliphatic heterocycles. The molecule has 3 N–H and O–H groups in total. The molecule has 0 radical (unpaired) electrons. The number of aliphatic hydroxyl groups is 2. The number of Topliss-reactive ketones (excluding diaryl/α,β-unsaturated/α-hetero) is 1. The zero-order chi connectivity index (χ0) is 20.1. The number of carboxylic acids is 1. The van der Waals surface area contributed by atoms with E-state index in [1.807, 2.05) is 12.2 Å². The number of aliphatic carboxylic acids is 1. The van der Waals surface area contributed by atoms with E-state index in [0.717, 1.165) is 19.3 Å². The summed E-state index contributed by atoms with van der Waals surface area (Å²) in [7, 11) is 0. The molecule has 0 aromatic rings. The molecule has 1 aliphatic carbocycles. The Morgan fingerprint density at radius 3 is 2.41 bits per heavy atom. The first-order chi connectivity index (χ1) is 13.0. The van der Waals surface area contributed by atoms with Gasteiger partial charge in [0.25, 0.3) is 0 Å². The van der Waals surface area contributed by atoms with Crippen LogP contribution in [0.2, 0.25) is 0 Å². The highest BCUT2D eigenvalue weighted by Gasteiger charge is 2.39. The summed E-state index contributed by atoms with van der Waals surface area (Å²) in [6.07, 6.45) is 17.5. The van der Waals surface area contributed by atoms with Gasteiger partial charge in [0, 0.05) is 18.8 Å². The Bertz CT molecular complexity index is 573. The number of carbonyl (C=O) groups excluding carboxylic acids is 1. The quantitative estimate of drug-likeness (QED) is 0.453. The third kappa shape index (κ3) is 9.50. The lowest BCUT2D eigenvalue weighted by molar-refractivity contribution is -0.137. The van der Waals surface area contributed by atoms with Crippen molar-refractivity contribution >= 4 is 11.8 Å². The standard InChI is InChI=1S/C22H32O5/c1-2-3-4-5-6-7-8-9-10-11-17(23)12-13-18-19(14-15-22(26)27)21(25)16-20(18)24/h3-4,6-7,9-10,12-13,17-19,21,23,25H,2,5,8,11,14-16H2,1H3,(H,26,27)/b4-3-,7-6+,10-9-,13-12+/t17-,18+,19-,21-/m1/s1. The van der Waals surface area contributed by atoms with E-state index in [1.165, 1.54) is 0 Å². The first kappa shape index (κ1) is 23.1. The van der Waals surface area contributed by atoms with Gasteiger partial charge in [0.2, 0.25) is 0 Å². The Hall–Kier alpha value is -1.98. The van der Waals surface area contributed by atoms with Gasteiger partial charge in [-0.25, -0.2) is 0 Å². The van der Waals surface area contributed by atoms with Gasteiger partial charge >= 0.3 is 5.97 Å². The minimum atomic E-state index is -0.940. The largest absolute Gasteiger partial charge is 0.481 e. The highest BCUT2D eigenvalue weighted by Crippen LogP contribution is 2.34. The van der Waals surface area contributed by atoms with Gasteiger partial charge in [-0.05, 0) is 38.0 Å². The first-order valence-corrected chi connectivity index (χ1v) is 9.69. The number of allylic oxidation sites excluding steroid dienone is 6. The van der Waals surface area contributed by atoms with Crippen LogP contribution in [0, 0.1) is 11.8 Å². The van der Waals surface area contributed by atoms with Gasteiger partial charge in [-0.15, -0.1) is 0 Å². The van der Waals surface area contributed by atoms with E-state index in [2.05, 4.69) is 31.2 Å². The van der Waals surface area contributed by atoms with Crippen LogP contribution in [0.15, 0.2) is 48.6 Å². The van der Waals surface area contributed by atoms with Crippen LogP contribution in [-0.2, 0) is 9.59 Å². The molecule has 0 bridgehead atoms. The van der Waals surface area contributed by atoms with Gasteiger partial charge in [0.05, 0.1) is 12.2 Å². The Morgan fingerprint density at radius 1 is 1.15 bits per heavy atom. The molecule has 0 aromatic carbocycles. The molecular weight excluding hydrogens is 344 g/mol. The van der Waals surface area contributed by atoms with Gasteiger partial charge in [-0.2, -0.15) is 0 Å². The van der Waals surface area contributed by atoms with Crippen LogP contribution in [0.25, 0.3) is 0 Å². The van der Waals surface area contributed by atoms with Gasteiger partial charge in [0.15, 0.2) is 0 Å². The monoisotopic (exact) mass is 376 g/mol. The van der Waals surface area contributed by atoms with E-state index in [1.54, 1.807) is 12.2 Å². The molecule has 1 aliphatic rings. The minimum Gasteiger partial charge on any atom is -0.481 e. The SMILES string of the molecule is CC/C=C\C/C=C/C/C=C\C[C@@H](O)/C=C/[C@@H]1C(=O)C[C@@H](O)[C@@H]1CCC(=O)O. The normalized spacial score (nSPS) is 24.9. The summed E-state index contributed by atoms with van der Waals surface area (Å²) in [4.78, 5) is 22.7. The average Bonchev–Trinajstić information content (AvgIpc) is 2.89. The molecule has 1 fully saturated rings. The lowest BCUT2D eigenvalue weighted by Crippen LogP contribution is -2.20. The number of ketones is 1. The van der Waals surface area contributed by atoms with E-state index in [-0.39, 0.29) is 31.0 Å². The predicted octanol–water partition coefficient (Wildman–Crippen LogP) is 3.58. The average molecular weight is 376 g/mol. The number of hydrogen-bond donors (Lipinski definition) is 3. The highest BCUT2D eigenvalue weighted by atomic mass is 16.4. The van der Waals surface area contributed by atoms with Crippen molar-refractivity contribution < 1.29 is 24.9 Å². The molecule has 0 amide bonds. The zero-order valence-electron chi connectivity index (χ0n) is 16.0. The van der Waals surface area contributed by atoms with Gasteiger partial charge < -0.3 is 15.3 Å². The van der Waals surface area contributed by atoms with Gasteiger partial charge in [-0.1, -0.05) is 55.5 Å². The Morgan fingerprint density at radius 2 is 1.78 bits per heavy atom. The molecule has 0 unspecified atom stereocenters. The van der Waals surface area contributed by atoms with Crippen LogP contribution >= 0.6 is 0 Å². The molecule has 1 saturated carbocycles. The van der Waals surface area contributed by atoms with Gasteiger partial charge in [0.1, 0.15) is 5.78 Å². The first-order valence-electron chi connectivity index (χ1n) is 9.69. The molecule has 150 valence electrons. The van der Waals surface area contributed by atoms with Crippen LogP contribution in [0.5, 0.6) is 0 Å². The summed E-state index contributed by atoms with van der Waals surface area (Å²) in [5.74, 6) is -1.94. The van der Waals surface area contributed by atoms with Crippen molar-refractivity contribution in [2.45, 2.75) is 64.1 Å². The van der Waals surface area contributed by atoms with Crippen LogP contribution in [0.3, 0.4) is 0 Å². The molecule has 5 heteroatoms. The van der Waals surface area contributed by atoms with Crippen LogP contribution in [0.4, 0.5) is 0 Å². The van der Waals surface area contributed by atoms with Crippen molar-refractivity contribution in [2.24, 2.45) is 11.8 Å². The maximum Gasteiger partial charge on any atom is 0.303 e. The summed E-state index contributed by atoms with van der Waals surface area (Å²) in [6.45, 7) is 2.10. The molecule has 27 heavy (non-hydrogen) atoms. The second-order valence-corrected chi connectivity index (χ2v) is 6.84. The van der Waals surface area contributed by atoms with Crippen molar-refractivity contribution in [3.8, 4) is 0 Å². The number of carboxylic acid groups (broad SMARTS) is 1. The fourth-order valence-electron chi connectivity index (χ4n) is 3.15. The van der Waals surface area contributed by atoms with Crippen molar-refractivity contribution in [3.63, 3.8) is 0 Å². The number of rotatable bonds is 12. The van der Waals surface area contributed by atoms with E-state index in [9.17, 15) is 19.8 Å². The Labute approximate surface area is 161 Å². The second-order valence-electron chi connectivity index (χ2n) is 6.84. The number of carbonyl (C=O) groups is 2. The van der Waals surface area contributed by atoms with Gasteiger partial charge in [-0.3, -0.25) is 9.59 Å². The molecule has 1 rings (SSSR count). The molecule has 0 spiro atoms. The van der Waals surface area contributed by atoms with E-state index >= 15 is 0 Å². The second kappa shape index (κ2) is 13.2. The molecule has 5 nitrogen and oxygen atoms in total. The van der Waals surface area contributed by atoms with Crippen molar-refractivity contribution in [2.75, 3.05) is 0 Å². The van der Waals surface area contributed by atoms with Crippen molar-refractivity contribution in [1.29, 1.82) is 0 Å². The highest BCUT2D eigenvalue weighted by molar-refractivity contribution is 5.86. The van der Waals surface area contributed by atoms with Crippen LogP contribution < -0.4 is 0 Å². The summed E-state index contributed by atoms with van der Waals surface area (Å²) >= 11 is 0. The zero-order valence-corrected chi connectivity index (χ0v) is 16.0. The molecule has 4 atom stereocenters. The predicted molar refractivity (Wildman–Crippen MR) is 106 cm³/mol. The maximum absolute atomic E-state index is 12.0. The minimum absolute atomic E-state index is 0.0507. The fourth-order valence-corrected chi connectivity index (χ4v) is 3.15. The molecule has 0 aromatic heterocycles. The van der Waals surface area contributed by atoms with Crippen LogP contribution in [0.1, 0.15) is 51.9 Å². The summed E-state index contributed by atoms with van der Waals surface area (Å²) < 4.78 is 0. The lowest BCUT2D eigenvalue weighted by atomic mass is 9.89. The van der Waals surface area contributed by atoms with E-state index in [4.69, 9.17) is 5.11 Å². The summed E-state index contributed by atoms with van der Waals surface area (Å²) in [6, 6.07) is 0. The van der Waals surface area contributed by atoms with E-state index in [0.29, 0.717) is 6.42 Å². The summed E-state index contributed by atoms with van der Waals surface area (Å²) in [5, 5.41) is 28.8. The lowest BCUT2D eigenvalue weighted by Gasteiger charge is -2.17. The Kier molecular flexibility index (Phi) is 11.3. The van der Waals surface area contributed by atoms with Crippen molar-refractivity contribution in [1.82, 2.24) is 0 Å². The number of aliphatic hydroxyl groups excluding tert-OH is 2. The summed E-state index contributed by atoms with van der Waals surface area (Å²) in [5.41, 5.74) is 0. The fraction of sp³-hybridized carbons (Fsp3) is 0.545. The maximum atomic E-state index is 12.0. The molecule has 0 heterocycles. The third-order valence-electron chi connectivity index (χ3n) is 4.63. The topological polar surface area (TPSA) is 94.8 Å².